The minimum absolute atomic E-state index is 0.201. The number of carbonyl (C=O) groups excluding carboxylic acids is 1. The molecule has 528 valence electrons. The second kappa shape index (κ2) is 53.4. The Morgan fingerprint density at radius 2 is 0.758 bits per heavy atom. The maximum atomic E-state index is 13.4. The van der Waals surface area contributed by atoms with Gasteiger partial charge in [-0.25, -0.2) is 0 Å². The standard InChI is InChI=1S/C72H127NO18/c1-3-5-7-9-11-13-15-17-19-21-23-24-25-26-27-28-29-30-32-33-35-37-39-41-43-45-47-49-56(77)55(73-60(78)50-48-46-44-42-40-38-36-34-31-22-20-18-16-14-12-10-8-6-4-2)54-86-70-66(84)63(81)68(58(52-75)88-70)91-72-67(85)64(82)69(59(53-76)89-72)90-71-65(83)62(80)61(79)57(51-74)87-71/h6,8,12,14,18,20,31,34,38,40,47,49,55-59,61-72,74-77,79-85H,3-5,7,9-11,13,15-17,19,21-30,32-33,35-37,39,41-46,48,50-54H2,1-2H3,(H,73,78)/b8-6-,14-12-,20-18-,34-31-,40-38-,49-47+. The van der Waals surface area contributed by atoms with Crippen LogP contribution in [0.25, 0.3) is 0 Å². The fourth-order valence-corrected chi connectivity index (χ4v) is 11.7. The van der Waals surface area contributed by atoms with Crippen LogP contribution in [0.1, 0.15) is 245 Å². The van der Waals surface area contributed by atoms with E-state index in [1.165, 1.54) is 141 Å². The van der Waals surface area contributed by atoms with Gasteiger partial charge < -0.3 is 89.9 Å². The Hall–Kier alpha value is -2.77. The number of allylic oxidation sites excluding steroid dienone is 11. The molecule has 17 atom stereocenters. The molecular weight excluding hydrogens is 1170 g/mol. The van der Waals surface area contributed by atoms with Crippen molar-refractivity contribution in [2.45, 2.75) is 349 Å². The summed E-state index contributed by atoms with van der Waals surface area (Å²) in [5.41, 5.74) is 0. The van der Waals surface area contributed by atoms with Gasteiger partial charge in [0.1, 0.15) is 73.2 Å². The molecule has 19 nitrogen and oxygen atoms in total. The Balaban J connectivity index is 1.44. The van der Waals surface area contributed by atoms with Crippen molar-refractivity contribution in [1.82, 2.24) is 5.32 Å². The summed E-state index contributed by atoms with van der Waals surface area (Å²) in [6.45, 7) is 1.60. The van der Waals surface area contributed by atoms with Gasteiger partial charge in [-0.3, -0.25) is 4.79 Å². The summed E-state index contributed by atoms with van der Waals surface area (Å²) in [7, 11) is 0. The summed E-state index contributed by atoms with van der Waals surface area (Å²) in [6.07, 6.45) is 40.2. The lowest BCUT2D eigenvalue weighted by molar-refractivity contribution is -0.379. The van der Waals surface area contributed by atoms with Crippen LogP contribution in [0, 0.1) is 0 Å². The predicted molar refractivity (Wildman–Crippen MR) is 355 cm³/mol. The Morgan fingerprint density at radius 1 is 0.407 bits per heavy atom. The van der Waals surface area contributed by atoms with Crippen LogP contribution in [0.2, 0.25) is 0 Å². The van der Waals surface area contributed by atoms with E-state index < -0.39 is 124 Å². The second-order valence-electron chi connectivity index (χ2n) is 25.3. The highest BCUT2D eigenvalue weighted by Crippen LogP contribution is 2.33. The summed E-state index contributed by atoms with van der Waals surface area (Å²) in [4.78, 5) is 13.4. The normalized spacial score (nSPS) is 28.3. The third-order valence-corrected chi connectivity index (χ3v) is 17.5. The molecule has 91 heavy (non-hydrogen) atoms. The topological polar surface area (TPSA) is 307 Å². The second-order valence-corrected chi connectivity index (χ2v) is 25.3. The molecule has 12 N–H and O–H groups in total. The van der Waals surface area contributed by atoms with Crippen molar-refractivity contribution in [2.75, 3.05) is 26.4 Å². The zero-order valence-electron chi connectivity index (χ0n) is 55.8. The first-order chi connectivity index (χ1) is 44.3. The monoisotopic (exact) mass is 1290 g/mol. The Morgan fingerprint density at radius 3 is 1.19 bits per heavy atom. The zero-order valence-corrected chi connectivity index (χ0v) is 55.8. The number of hydrogen-bond acceptors (Lipinski definition) is 18. The van der Waals surface area contributed by atoms with Crippen LogP contribution in [-0.4, -0.2) is 193 Å². The van der Waals surface area contributed by atoms with Crippen LogP contribution in [0.15, 0.2) is 72.9 Å². The lowest BCUT2D eigenvalue weighted by Crippen LogP contribution is -2.66. The van der Waals surface area contributed by atoms with Crippen molar-refractivity contribution in [2.24, 2.45) is 0 Å². The molecule has 0 aromatic rings. The zero-order chi connectivity index (χ0) is 66.1. The fourth-order valence-electron chi connectivity index (χ4n) is 11.7. The number of carbonyl (C=O) groups is 1. The van der Waals surface area contributed by atoms with E-state index in [-0.39, 0.29) is 18.9 Å². The van der Waals surface area contributed by atoms with Crippen LogP contribution in [0.5, 0.6) is 0 Å². The van der Waals surface area contributed by atoms with Crippen molar-refractivity contribution < 1.29 is 89.4 Å². The highest BCUT2D eigenvalue weighted by Gasteiger charge is 2.53. The lowest BCUT2D eigenvalue weighted by Gasteiger charge is -2.48. The number of rotatable bonds is 54. The van der Waals surface area contributed by atoms with Crippen molar-refractivity contribution >= 4 is 5.91 Å². The van der Waals surface area contributed by atoms with Crippen LogP contribution in [0.3, 0.4) is 0 Å². The maximum absolute atomic E-state index is 13.4. The molecule has 0 bridgehead atoms. The minimum atomic E-state index is -1.99. The van der Waals surface area contributed by atoms with Crippen molar-refractivity contribution in [1.29, 1.82) is 0 Å². The first-order valence-electron chi connectivity index (χ1n) is 35.7. The van der Waals surface area contributed by atoms with Gasteiger partial charge in [0, 0.05) is 6.42 Å². The van der Waals surface area contributed by atoms with Gasteiger partial charge in [-0.05, 0) is 64.2 Å². The van der Waals surface area contributed by atoms with Crippen LogP contribution >= 0.6 is 0 Å². The van der Waals surface area contributed by atoms with Gasteiger partial charge in [0.15, 0.2) is 18.9 Å². The molecule has 3 fully saturated rings. The Bertz CT molecular complexity index is 1930. The molecule has 0 saturated carbocycles. The number of aliphatic hydroxyl groups is 11. The molecule has 3 heterocycles. The SMILES string of the molecule is CC/C=C\C/C=C\C/C=C\C/C=C\C/C=C\CCCCCC(=O)NC(COC1OC(CO)C(OC2OC(CO)C(OC3OC(CO)C(O)C(O)C3O)C(O)C2O)C(O)C1O)C(O)/C=C/CCCCCCCCCCCCCCCCCCCCCCCCCCC. The van der Waals surface area contributed by atoms with Crippen molar-refractivity contribution in [3.63, 3.8) is 0 Å². The number of amides is 1. The van der Waals surface area contributed by atoms with Gasteiger partial charge in [0.05, 0.1) is 38.6 Å². The third-order valence-electron chi connectivity index (χ3n) is 17.5. The van der Waals surface area contributed by atoms with Gasteiger partial charge in [-0.15, -0.1) is 0 Å². The van der Waals surface area contributed by atoms with E-state index in [2.05, 4.69) is 79.9 Å². The van der Waals surface area contributed by atoms with Crippen molar-refractivity contribution in [3.05, 3.63) is 72.9 Å². The molecule has 0 spiro atoms. The molecule has 3 saturated heterocycles. The summed E-state index contributed by atoms with van der Waals surface area (Å²) in [6, 6.07) is -0.996. The van der Waals surface area contributed by atoms with Gasteiger partial charge in [-0.2, -0.15) is 0 Å². The molecule has 0 aliphatic carbocycles. The molecule has 1 amide bonds. The van der Waals surface area contributed by atoms with Gasteiger partial charge in [0.25, 0.3) is 0 Å². The molecule has 3 aliphatic heterocycles. The predicted octanol–water partition coefficient (Wildman–Crippen LogP) is 9.72. The minimum Gasteiger partial charge on any atom is -0.394 e. The van der Waals surface area contributed by atoms with Gasteiger partial charge in [-0.1, -0.05) is 247 Å². The number of unbranched alkanes of at least 4 members (excludes halogenated alkanes) is 28. The van der Waals surface area contributed by atoms with Crippen LogP contribution < -0.4 is 5.32 Å². The average molecular weight is 1290 g/mol. The quantitative estimate of drug-likeness (QED) is 0.0199. The summed E-state index contributed by atoms with van der Waals surface area (Å²) in [5.74, 6) is -0.307. The van der Waals surface area contributed by atoms with E-state index in [1.807, 2.05) is 6.08 Å². The van der Waals surface area contributed by atoms with Gasteiger partial charge in [0.2, 0.25) is 5.91 Å². The van der Waals surface area contributed by atoms with E-state index in [0.29, 0.717) is 6.42 Å². The summed E-state index contributed by atoms with van der Waals surface area (Å²) >= 11 is 0. The number of hydrogen-bond donors (Lipinski definition) is 12. The van der Waals surface area contributed by atoms with Gasteiger partial charge >= 0.3 is 0 Å². The van der Waals surface area contributed by atoms with E-state index in [9.17, 15) is 61.0 Å². The first-order valence-corrected chi connectivity index (χ1v) is 35.7. The van der Waals surface area contributed by atoms with E-state index in [4.69, 9.17) is 28.4 Å². The summed E-state index contributed by atoms with van der Waals surface area (Å²) in [5, 5.41) is 121. The molecule has 17 unspecified atom stereocenters. The number of ether oxygens (including phenoxy) is 6. The smallest absolute Gasteiger partial charge is 0.220 e. The Labute approximate surface area is 547 Å². The molecule has 0 radical (unpaired) electrons. The van der Waals surface area contributed by atoms with Crippen LogP contribution in [0.4, 0.5) is 0 Å². The first kappa shape index (κ1) is 82.5. The molecule has 3 aliphatic rings. The lowest BCUT2D eigenvalue weighted by atomic mass is 9.96. The largest absolute Gasteiger partial charge is 0.394 e. The fraction of sp³-hybridized carbons (Fsp3) is 0.819. The van der Waals surface area contributed by atoms with E-state index in [1.54, 1.807) is 6.08 Å². The average Bonchev–Trinajstić information content (AvgIpc) is 0.886. The third kappa shape index (κ3) is 35.2. The highest BCUT2D eigenvalue weighted by molar-refractivity contribution is 5.76. The molecule has 0 aromatic carbocycles. The van der Waals surface area contributed by atoms with E-state index >= 15 is 0 Å². The number of nitrogens with one attached hydrogen (secondary N) is 1. The molecule has 19 heteroatoms. The highest BCUT2D eigenvalue weighted by atomic mass is 16.8. The maximum Gasteiger partial charge on any atom is 0.220 e. The summed E-state index contributed by atoms with van der Waals surface area (Å²) < 4.78 is 34.3. The molecular formula is C72H127NO18. The van der Waals surface area contributed by atoms with Crippen LogP contribution in [-0.2, 0) is 33.2 Å². The molecule has 3 rings (SSSR count). The van der Waals surface area contributed by atoms with Crippen molar-refractivity contribution in [3.8, 4) is 0 Å². The van der Waals surface area contributed by atoms with E-state index in [0.717, 1.165) is 77.0 Å². The number of aliphatic hydroxyl groups excluding tert-OH is 11. The Kier molecular flexibility index (Phi) is 48.4. The molecule has 0 aromatic heterocycles.